The van der Waals surface area contributed by atoms with Crippen LogP contribution in [-0.4, -0.2) is 50.7 Å². The molecule has 3 rings (SSSR count). The molecule has 1 aliphatic heterocycles. The van der Waals surface area contributed by atoms with Gasteiger partial charge in [-0.05, 0) is 44.6 Å². The first kappa shape index (κ1) is 22.5. The number of benzene rings is 1. The van der Waals surface area contributed by atoms with Crippen molar-refractivity contribution in [2.75, 3.05) is 25.4 Å². The highest BCUT2D eigenvalue weighted by Gasteiger charge is 2.26. The molecular formula is C20H28FN3O5S. The lowest BCUT2D eigenvalue weighted by atomic mass is 10.1. The molecule has 0 bridgehead atoms. The van der Waals surface area contributed by atoms with Crippen LogP contribution in [0.5, 0.6) is 5.75 Å². The molecule has 0 radical (unpaired) electrons. The number of urea groups is 1. The normalized spacial score (nSPS) is 17.9. The molecule has 1 heterocycles. The Hall–Kier alpha value is -2.20. The van der Waals surface area contributed by atoms with Crippen LogP contribution in [-0.2, 0) is 14.8 Å². The van der Waals surface area contributed by atoms with Crippen LogP contribution in [0.25, 0.3) is 0 Å². The molecule has 0 spiro atoms. The smallest absolute Gasteiger partial charge is 0.324 e. The van der Waals surface area contributed by atoms with E-state index in [1.54, 1.807) is 25.1 Å². The highest BCUT2D eigenvalue weighted by atomic mass is 32.2. The van der Waals surface area contributed by atoms with E-state index in [0.717, 1.165) is 12.8 Å². The van der Waals surface area contributed by atoms with E-state index < -0.39 is 27.9 Å². The number of sulfonamides is 1. The molecule has 1 aromatic rings. The first-order chi connectivity index (χ1) is 14.2. The van der Waals surface area contributed by atoms with Crippen molar-refractivity contribution >= 4 is 22.0 Å². The highest BCUT2D eigenvalue weighted by Crippen LogP contribution is 2.31. The summed E-state index contributed by atoms with van der Waals surface area (Å²) in [5.74, 6) is -0.317. The molecule has 1 aliphatic carbocycles. The van der Waals surface area contributed by atoms with Crippen molar-refractivity contribution < 1.29 is 27.1 Å². The molecule has 3 amide bonds. The molecule has 166 valence electrons. The first-order valence-corrected chi connectivity index (χ1v) is 11.9. The van der Waals surface area contributed by atoms with Gasteiger partial charge in [-0.15, -0.1) is 0 Å². The van der Waals surface area contributed by atoms with Crippen molar-refractivity contribution in [3.8, 4) is 5.75 Å². The molecule has 2 fully saturated rings. The molecule has 1 saturated carbocycles. The predicted octanol–water partition coefficient (Wildman–Crippen LogP) is 2.32. The summed E-state index contributed by atoms with van der Waals surface area (Å²) in [5.41, 5.74) is 0.247. The second kappa shape index (κ2) is 9.74. The zero-order chi connectivity index (χ0) is 21.7. The summed E-state index contributed by atoms with van der Waals surface area (Å²) in [5, 5.41) is 2.20. The van der Waals surface area contributed by atoms with Gasteiger partial charge in [-0.3, -0.25) is 10.1 Å². The Kier molecular flexibility index (Phi) is 7.30. The number of unbranched alkanes of at least 4 members (excludes halogenated alkanes) is 2. The topological polar surface area (TPSA) is 105 Å². The number of carbonyl (C=O) groups is 2. The van der Waals surface area contributed by atoms with Gasteiger partial charge in [-0.1, -0.05) is 18.6 Å². The molecule has 2 aliphatic rings. The maximum atomic E-state index is 14.7. The number of rotatable bonds is 12. The number of nitrogens with one attached hydrogen (secondary N) is 2. The van der Waals surface area contributed by atoms with E-state index in [9.17, 15) is 22.4 Å². The van der Waals surface area contributed by atoms with Crippen molar-refractivity contribution in [2.24, 2.45) is 5.92 Å². The van der Waals surface area contributed by atoms with Crippen molar-refractivity contribution in [2.45, 2.75) is 45.1 Å². The largest absolute Gasteiger partial charge is 0.490 e. The number of hydrogen-bond acceptors (Lipinski definition) is 5. The van der Waals surface area contributed by atoms with Crippen LogP contribution < -0.4 is 14.8 Å². The minimum atomic E-state index is -3.60. The molecule has 30 heavy (non-hydrogen) atoms. The maximum absolute atomic E-state index is 14.7. The van der Waals surface area contributed by atoms with E-state index >= 15 is 0 Å². The third kappa shape index (κ3) is 6.40. The Morgan fingerprint density at radius 1 is 1.27 bits per heavy atom. The van der Waals surface area contributed by atoms with Crippen molar-refractivity contribution in [1.29, 1.82) is 0 Å². The Morgan fingerprint density at radius 2 is 2.03 bits per heavy atom. The van der Waals surface area contributed by atoms with Crippen molar-refractivity contribution in [3.05, 3.63) is 29.6 Å². The molecule has 1 atom stereocenters. The zero-order valence-electron chi connectivity index (χ0n) is 17.0. The number of nitrogens with zero attached hydrogens (tertiary/aromatic N) is 1. The van der Waals surface area contributed by atoms with Crippen LogP contribution in [0.4, 0.5) is 9.18 Å². The summed E-state index contributed by atoms with van der Waals surface area (Å²) in [6.45, 7) is 2.53. The third-order valence-corrected chi connectivity index (χ3v) is 6.74. The van der Waals surface area contributed by atoms with Gasteiger partial charge in [-0.2, -0.15) is 0 Å². The van der Waals surface area contributed by atoms with Gasteiger partial charge in [0.1, 0.15) is 6.54 Å². The van der Waals surface area contributed by atoms with Gasteiger partial charge in [0, 0.05) is 18.2 Å². The number of amides is 3. The average Bonchev–Trinajstić information content (AvgIpc) is 3.44. The van der Waals surface area contributed by atoms with Crippen LogP contribution in [0.15, 0.2) is 18.2 Å². The molecular weight excluding hydrogens is 413 g/mol. The highest BCUT2D eigenvalue weighted by molar-refractivity contribution is 7.89. The van der Waals surface area contributed by atoms with E-state index in [0.29, 0.717) is 38.3 Å². The van der Waals surface area contributed by atoms with Gasteiger partial charge < -0.3 is 9.64 Å². The van der Waals surface area contributed by atoms with E-state index in [4.69, 9.17) is 4.74 Å². The summed E-state index contributed by atoms with van der Waals surface area (Å²) >= 11 is 0. The van der Waals surface area contributed by atoms with Crippen LogP contribution in [0.1, 0.15) is 50.6 Å². The van der Waals surface area contributed by atoms with Gasteiger partial charge in [0.05, 0.1) is 12.4 Å². The lowest BCUT2D eigenvalue weighted by Crippen LogP contribution is -2.30. The number of imide groups is 1. The summed E-state index contributed by atoms with van der Waals surface area (Å²) in [4.78, 5) is 24.0. The van der Waals surface area contributed by atoms with E-state index in [-0.39, 0.29) is 29.5 Å². The van der Waals surface area contributed by atoms with Gasteiger partial charge in [0.15, 0.2) is 11.6 Å². The number of carbonyl (C=O) groups excluding carboxylic acids is 2. The lowest BCUT2D eigenvalue weighted by molar-refractivity contribution is -0.118. The standard InChI is InChI=1S/C20H28FN3O5S/c1-14(16-6-5-7-17(19(16)21)29-13-15-8-9-15)23-30(27,28)11-4-2-3-10-24-12-18(25)22-20(24)26/h5-7,14-15,23H,2-4,8-13H2,1H3,(H,22,25,26)/t14-/m0/s1. The minimum absolute atomic E-state index is 0.0468. The van der Waals surface area contributed by atoms with E-state index in [1.807, 2.05) is 0 Å². The second-order valence-corrected chi connectivity index (χ2v) is 9.78. The Morgan fingerprint density at radius 3 is 2.70 bits per heavy atom. The second-order valence-electron chi connectivity index (χ2n) is 7.91. The zero-order valence-corrected chi connectivity index (χ0v) is 17.8. The Balaban J connectivity index is 1.43. The Bertz CT molecular complexity index is 888. The van der Waals surface area contributed by atoms with Crippen LogP contribution >= 0.6 is 0 Å². The van der Waals surface area contributed by atoms with Gasteiger partial charge in [0.2, 0.25) is 15.9 Å². The lowest BCUT2D eigenvalue weighted by Gasteiger charge is -2.17. The molecule has 1 saturated heterocycles. The SMILES string of the molecule is C[C@H](NS(=O)(=O)CCCCCN1CC(=O)NC1=O)c1cccc(OCC2CC2)c1F. The number of hydrogen-bond donors (Lipinski definition) is 2. The fraction of sp³-hybridized carbons (Fsp3) is 0.600. The van der Waals surface area contributed by atoms with Gasteiger partial charge in [-0.25, -0.2) is 22.3 Å². The fourth-order valence-electron chi connectivity index (χ4n) is 3.29. The molecule has 2 N–H and O–H groups in total. The monoisotopic (exact) mass is 441 g/mol. The first-order valence-electron chi connectivity index (χ1n) is 10.2. The van der Waals surface area contributed by atoms with Gasteiger partial charge >= 0.3 is 6.03 Å². The van der Waals surface area contributed by atoms with Crippen LogP contribution in [0, 0.1) is 11.7 Å². The summed E-state index contributed by atoms with van der Waals surface area (Å²) in [6, 6.07) is 3.63. The predicted molar refractivity (Wildman–Crippen MR) is 109 cm³/mol. The number of ether oxygens (including phenoxy) is 1. The summed E-state index contributed by atoms with van der Waals surface area (Å²) in [6.07, 6.45) is 3.78. The quantitative estimate of drug-likeness (QED) is 0.383. The summed E-state index contributed by atoms with van der Waals surface area (Å²) in [7, 11) is -3.60. The molecule has 0 unspecified atom stereocenters. The average molecular weight is 442 g/mol. The molecule has 10 heteroatoms. The van der Waals surface area contributed by atoms with Gasteiger partial charge in [0.25, 0.3) is 0 Å². The van der Waals surface area contributed by atoms with Crippen molar-refractivity contribution in [1.82, 2.24) is 14.9 Å². The number of halogens is 1. The maximum Gasteiger partial charge on any atom is 0.324 e. The summed E-state index contributed by atoms with van der Waals surface area (Å²) < 4.78 is 47.5. The molecule has 8 nitrogen and oxygen atoms in total. The van der Waals surface area contributed by atoms with Crippen LogP contribution in [0.2, 0.25) is 0 Å². The van der Waals surface area contributed by atoms with E-state index in [2.05, 4.69) is 10.0 Å². The van der Waals surface area contributed by atoms with E-state index in [1.165, 1.54) is 4.90 Å². The molecule has 1 aromatic carbocycles. The minimum Gasteiger partial charge on any atom is -0.490 e. The van der Waals surface area contributed by atoms with Crippen molar-refractivity contribution in [3.63, 3.8) is 0 Å². The third-order valence-electron chi connectivity index (χ3n) is 5.20. The fourth-order valence-corrected chi connectivity index (χ4v) is 4.66. The molecule has 0 aromatic heterocycles. The van der Waals surface area contributed by atoms with Crippen LogP contribution in [0.3, 0.4) is 0 Å². The Labute approximate surface area is 176 Å².